The van der Waals surface area contributed by atoms with E-state index >= 15 is 0 Å². The second-order valence-corrected chi connectivity index (χ2v) is 8.10. The second kappa shape index (κ2) is 6.91. The Hall–Kier alpha value is -2.29. The molecule has 0 aliphatic rings. The van der Waals surface area contributed by atoms with Gasteiger partial charge < -0.3 is 10.2 Å². The van der Waals surface area contributed by atoms with E-state index in [1.807, 2.05) is 31.2 Å². The number of aryl methyl sites for hydroxylation is 1. The minimum atomic E-state index is -0.938. The van der Waals surface area contributed by atoms with Crippen LogP contribution in [0.5, 0.6) is 5.75 Å². The summed E-state index contributed by atoms with van der Waals surface area (Å²) in [5.41, 5.74) is 4.79. The molecule has 3 heteroatoms. The van der Waals surface area contributed by atoms with Gasteiger partial charge in [0.05, 0.1) is 5.56 Å². The molecule has 0 saturated carbocycles. The van der Waals surface area contributed by atoms with Gasteiger partial charge in [-0.1, -0.05) is 58.9 Å². The molecule has 0 spiro atoms. The third-order valence-corrected chi connectivity index (χ3v) is 4.65. The minimum absolute atomic E-state index is 0.0659. The molecular formula is C22H28O3. The van der Waals surface area contributed by atoms with Crippen molar-refractivity contribution < 1.29 is 15.0 Å². The van der Waals surface area contributed by atoms with E-state index in [9.17, 15) is 15.0 Å². The highest BCUT2D eigenvalue weighted by atomic mass is 16.4. The maximum Gasteiger partial charge on any atom is 0.335 e. The molecule has 0 aromatic heterocycles. The normalized spacial score (nSPS) is 11.8. The lowest BCUT2D eigenvalue weighted by Gasteiger charge is -2.21. The van der Waals surface area contributed by atoms with Crippen molar-refractivity contribution in [2.24, 2.45) is 0 Å². The van der Waals surface area contributed by atoms with Gasteiger partial charge in [-0.05, 0) is 52.1 Å². The van der Waals surface area contributed by atoms with Crippen molar-refractivity contribution in [3.05, 3.63) is 63.7 Å². The summed E-state index contributed by atoms with van der Waals surface area (Å²) in [4.78, 5) is 11.6. The van der Waals surface area contributed by atoms with E-state index < -0.39 is 5.97 Å². The molecule has 2 aromatic carbocycles. The van der Waals surface area contributed by atoms with E-state index in [0.29, 0.717) is 17.9 Å². The molecule has 3 nitrogen and oxygen atoms in total. The fraction of sp³-hybridized carbons (Fsp3) is 0.409. The third-order valence-electron chi connectivity index (χ3n) is 4.65. The van der Waals surface area contributed by atoms with Crippen LogP contribution in [0.4, 0.5) is 0 Å². The Kier molecular flexibility index (Phi) is 5.26. The number of aromatic hydroxyl groups is 1. The average Bonchev–Trinajstić information content (AvgIpc) is 2.50. The summed E-state index contributed by atoms with van der Waals surface area (Å²) in [6, 6.07) is 9.49. The molecule has 2 N–H and O–H groups in total. The zero-order valence-electron chi connectivity index (χ0n) is 16.0. The number of phenols is 1. The van der Waals surface area contributed by atoms with E-state index in [2.05, 4.69) is 34.6 Å². The fourth-order valence-electron chi connectivity index (χ4n) is 2.97. The van der Waals surface area contributed by atoms with E-state index in [1.54, 1.807) is 6.07 Å². The van der Waals surface area contributed by atoms with Gasteiger partial charge in [0.1, 0.15) is 5.75 Å². The van der Waals surface area contributed by atoms with Crippen LogP contribution >= 0.6 is 0 Å². The summed E-state index contributed by atoms with van der Waals surface area (Å²) in [6.07, 6.45) is 0.402. The quantitative estimate of drug-likeness (QED) is 0.782. The van der Waals surface area contributed by atoms with Crippen molar-refractivity contribution in [1.82, 2.24) is 0 Å². The average molecular weight is 340 g/mol. The largest absolute Gasteiger partial charge is 0.507 e. The highest BCUT2D eigenvalue weighted by Gasteiger charge is 2.19. The number of carboxylic acid groups (broad SMARTS) is 1. The number of carbonyl (C=O) groups is 1. The van der Waals surface area contributed by atoms with Crippen LogP contribution < -0.4 is 0 Å². The molecule has 2 aromatic rings. The first-order chi connectivity index (χ1) is 11.5. The van der Waals surface area contributed by atoms with Gasteiger partial charge in [0.2, 0.25) is 0 Å². The molecular weight excluding hydrogens is 312 g/mol. The van der Waals surface area contributed by atoms with Crippen LogP contribution in [0, 0.1) is 6.92 Å². The van der Waals surface area contributed by atoms with Crippen LogP contribution in [0.1, 0.15) is 78.7 Å². The Bertz CT molecular complexity index is 796. The molecule has 0 saturated heterocycles. The number of hydrogen-bond acceptors (Lipinski definition) is 2. The summed E-state index contributed by atoms with van der Waals surface area (Å²) in [7, 11) is 0. The molecule has 2 rings (SSSR count). The summed E-state index contributed by atoms with van der Waals surface area (Å²) < 4.78 is 0. The Labute approximate surface area is 150 Å². The van der Waals surface area contributed by atoms with Crippen molar-refractivity contribution in [2.75, 3.05) is 0 Å². The van der Waals surface area contributed by atoms with Crippen molar-refractivity contribution in [1.29, 1.82) is 0 Å². The maximum absolute atomic E-state index is 11.6. The van der Waals surface area contributed by atoms with Crippen molar-refractivity contribution in [3.8, 4) is 5.75 Å². The first-order valence-electron chi connectivity index (χ1n) is 8.69. The van der Waals surface area contributed by atoms with Crippen molar-refractivity contribution in [2.45, 2.75) is 59.3 Å². The Morgan fingerprint density at radius 1 is 1.08 bits per heavy atom. The summed E-state index contributed by atoms with van der Waals surface area (Å²) in [6.45, 7) is 12.4. The topological polar surface area (TPSA) is 57.5 Å². The van der Waals surface area contributed by atoms with E-state index in [1.165, 1.54) is 0 Å². The van der Waals surface area contributed by atoms with Gasteiger partial charge in [-0.25, -0.2) is 4.79 Å². The number of aromatic carboxylic acids is 1. The summed E-state index contributed by atoms with van der Waals surface area (Å²) in [5.74, 6) is -0.341. The smallest absolute Gasteiger partial charge is 0.335 e. The second-order valence-electron chi connectivity index (χ2n) is 8.10. The van der Waals surface area contributed by atoms with Gasteiger partial charge in [-0.2, -0.15) is 0 Å². The van der Waals surface area contributed by atoms with Crippen molar-refractivity contribution in [3.63, 3.8) is 0 Å². The molecule has 134 valence electrons. The molecule has 0 unspecified atom stereocenters. The summed E-state index contributed by atoms with van der Waals surface area (Å²) >= 11 is 0. The van der Waals surface area contributed by atoms with Crippen LogP contribution in [0.2, 0.25) is 0 Å². The molecule has 0 atom stereocenters. The van der Waals surface area contributed by atoms with E-state index in [-0.39, 0.29) is 11.2 Å². The standard InChI is InChI=1S/C22H28O3/c1-13(2)15-9-14(3)20(23)17(10-15)11-16-12-18(22(4,5)6)7-8-19(16)21(24)25/h7-10,12-13,23H,11H2,1-6H3,(H,24,25). The predicted molar refractivity (Wildman–Crippen MR) is 102 cm³/mol. The lowest BCUT2D eigenvalue weighted by molar-refractivity contribution is 0.0695. The van der Waals surface area contributed by atoms with Crippen molar-refractivity contribution >= 4 is 5.97 Å². The van der Waals surface area contributed by atoms with Gasteiger partial charge >= 0.3 is 5.97 Å². The lowest BCUT2D eigenvalue weighted by atomic mass is 9.84. The fourth-order valence-corrected chi connectivity index (χ4v) is 2.97. The number of rotatable bonds is 4. The highest BCUT2D eigenvalue weighted by Crippen LogP contribution is 2.32. The number of phenolic OH excluding ortho intramolecular Hbond substituents is 1. The molecule has 0 bridgehead atoms. The molecule has 0 fully saturated rings. The van der Waals surface area contributed by atoms with E-state index in [4.69, 9.17) is 0 Å². The number of carboxylic acids is 1. The lowest BCUT2D eigenvalue weighted by Crippen LogP contribution is -2.13. The minimum Gasteiger partial charge on any atom is -0.507 e. The van der Waals surface area contributed by atoms with E-state index in [0.717, 1.165) is 27.8 Å². The zero-order chi connectivity index (χ0) is 18.9. The molecule has 0 amide bonds. The van der Waals surface area contributed by atoms with Crippen LogP contribution in [0.3, 0.4) is 0 Å². The van der Waals surface area contributed by atoms with Crippen LogP contribution in [-0.4, -0.2) is 16.2 Å². The SMILES string of the molecule is Cc1cc(C(C)C)cc(Cc2cc(C(C)(C)C)ccc2C(=O)O)c1O. The molecule has 0 heterocycles. The Morgan fingerprint density at radius 3 is 2.24 bits per heavy atom. The molecule has 25 heavy (non-hydrogen) atoms. The first kappa shape index (κ1) is 19.0. The molecule has 0 aliphatic heterocycles. The number of benzene rings is 2. The summed E-state index contributed by atoms with van der Waals surface area (Å²) in [5, 5.41) is 20.0. The highest BCUT2D eigenvalue weighted by molar-refractivity contribution is 5.89. The Balaban J connectivity index is 2.57. The maximum atomic E-state index is 11.6. The zero-order valence-corrected chi connectivity index (χ0v) is 16.0. The van der Waals surface area contributed by atoms with Crippen LogP contribution in [0.15, 0.2) is 30.3 Å². The van der Waals surface area contributed by atoms with Gasteiger partial charge in [-0.3, -0.25) is 0 Å². The predicted octanol–water partition coefficient (Wildman–Crippen LogP) is 5.41. The van der Waals surface area contributed by atoms with Gasteiger partial charge in [-0.15, -0.1) is 0 Å². The molecule has 0 aliphatic carbocycles. The monoisotopic (exact) mass is 340 g/mol. The first-order valence-corrected chi connectivity index (χ1v) is 8.69. The molecule has 0 radical (unpaired) electrons. The third kappa shape index (κ3) is 4.22. The van der Waals surface area contributed by atoms with Gasteiger partial charge in [0.15, 0.2) is 0 Å². The van der Waals surface area contributed by atoms with Gasteiger partial charge in [0, 0.05) is 6.42 Å². The van der Waals surface area contributed by atoms with Gasteiger partial charge in [0.25, 0.3) is 0 Å². The Morgan fingerprint density at radius 2 is 1.72 bits per heavy atom. The van der Waals surface area contributed by atoms with Crippen LogP contribution in [0.25, 0.3) is 0 Å². The van der Waals surface area contributed by atoms with Crippen LogP contribution in [-0.2, 0) is 11.8 Å². The number of hydrogen-bond donors (Lipinski definition) is 2.